The summed E-state index contributed by atoms with van der Waals surface area (Å²) >= 11 is 0. The van der Waals surface area contributed by atoms with E-state index in [2.05, 4.69) is 55.5 Å². The molecule has 0 N–H and O–H groups in total. The van der Waals surface area contributed by atoms with Gasteiger partial charge in [-0.2, -0.15) is 0 Å². The quantitative estimate of drug-likeness (QED) is 0.645. The highest BCUT2D eigenvalue weighted by molar-refractivity contribution is 5.28. The van der Waals surface area contributed by atoms with E-state index in [1.165, 1.54) is 12.8 Å². The van der Waals surface area contributed by atoms with Gasteiger partial charge in [0.05, 0.1) is 0 Å². The Balaban J connectivity index is 1.94. The second-order valence-corrected chi connectivity index (χ2v) is 5.30. The number of fused-ring (bicyclic) bond motifs is 3. The van der Waals surface area contributed by atoms with Gasteiger partial charge in [0.15, 0.2) is 0 Å². The molecule has 0 heteroatoms. The average molecular weight is 212 g/mol. The molecule has 1 saturated carbocycles. The monoisotopic (exact) mass is 212 g/mol. The Morgan fingerprint density at radius 3 is 1.56 bits per heavy atom. The Kier molecular flexibility index (Phi) is 2.59. The second-order valence-electron chi connectivity index (χ2n) is 5.30. The van der Waals surface area contributed by atoms with E-state index in [-0.39, 0.29) is 0 Å². The summed E-state index contributed by atoms with van der Waals surface area (Å²) in [6, 6.07) is 0. The number of hydrogen-bond donors (Lipinski definition) is 0. The Morgan fingerprint density at radius 2 is 1.12 bits per heavy atom. The molecule has 1 fully saturated rings. The van der Waals surface area contributed by atoms with Crippen LogP contribution in [-0.4, -0.2) is 0 Å². The summed E-state index contributed by atoms with van der Waals surface area (Å²) in [4.78, 5) is 0. The van der Waals surface area contributed by atoms with Crippen LogP contribution in [0.4, 0.5) is 0 Å². The summed E-state index contributed by atoms with van der Waals surface area (Å²) in [7, 11) is 0. The minimum atomic E-state index is 0.757. The maximum Gasteiger partial charge on any atom is -0.00956 e. The third kappa shape index (κ3) is 1.43. The SMILES string of the molecule is CCCC1C2C=CC=CC2C2C=CC=CC21. The Bertz CT molecular complexity index is 335. The van der Waals surface area contributed by atoms with Gasteiger partial charge in [-0.15, -0.1) is 0 Å². The van der Waals surface area contributed by atoms with Gasteiger partial charge >= 0.3 is 0 Å². The summed E-state index contributed by atoms with van der Waals surface area (Å²) in [5.74, 6) is 3.95. The van der Waals surface area contributed by atoms with Crippen LogP contribution < -0.4 is 0 Å². The summed E-state index contributed by atoms with van der Waals surface area (Å²) in [5.41, 5.74) is 0. The molecule has 0 aromatic rings. The standard InChI is InChI=1S/C16H20/c1-2-7-12-13-8-3-5-10-15(13)16-11-6-4-9-14(12)16/h3-6,8-16H,2,7H2,1H3. The van der Waals surface area contributed by atoms with Gasteiger partial charge < -0.3 is 0 Å². The van der Waals surface area contributed by atoms with E-state index in [0.717, 1.165) is 29.6 Å². The van der Waals surface area contributed by atoms with Gasteiger partial charge in [0.25, 0.3) is 0 Å². The van der Waals surface area contributed by atoms with Crippen molar-refractivity contribution in [3.8, 4) is 0 Å². The predicted molar refractivity (Wildman–Crippen MR) is 68.9 cm³/mol. The minimum absolute atomic E-state index is 0.757. The van der Waals surface area contributed by atoms with Crippen molar-refractivity contribution in [3.63, 3.8) is 0 Å². The van der Waals surface area contributed by atoms with Gasteiger partial charge in [0, 0.05) is 0 Å². The highest BCUT2D eigenvalue weighted by Gasteiger charge is 2.46. The molecule has 0 bridgehead atoms. The fourth-order valence-electron chi connectivity index (χ4n) is 3.88. The fraction of sp³-hybridized carbons (Fsp3) is 0.500. The molecule has 0 aliphatic heterocycles. The van der Waals surface area contributed by atoms with Crippen LogP contribution in [0.2, 0.25) is 0 Å². The molecule has 0 spiro atoms. The van der Waals surface area contributed by atoms with Crippen LogP contribution in [0.5, 0.6) is 0 Å². The van der Waals surface area contributed by atoms with Gasteiger partial charge in [0.2, 0.25) is 0 Å². The molecule has 16 heavy (non-hydrogen) atoms. The minimum Gasteiger partial charge on any atom is -0.0805 e. The van der Waals surface area contributed by atoms with Crippen LogP contribution in [0.25, 0.3) is 0 Å². The molecular formula is C16H20. The van der Waals surface area contributed by atoms with Gasteiger partial charge in [0.1, 0.15) is 0 Å². The molecule has 0 aromatic heterocycles. The summed E-state index contributed by atoms with van der Waals surface area (Å²) in [6.07, 6.45) is 21.4. The normalized spacial score (nSPS) is 43.4. The zero-order valence-electron chi connectivity index (χ0n) is 9.92. The molecule has 3 rings (SSSR count). The van der Waals surface area contributed by atoms with Crippen molar-refractivity contribution >= 4 is 0 Å². The predicted octanol–water partition coefficient (Wildman–Crippen LogP) is 4.13. The molecule has 0 heterocycles. The first kappa shape index (κ1) is 10.1. The molecule has 4 unspecified atom stereocenters. The lowest BCUT2D eigenvalue weighted by molar-refractivity contribution is 0.349. The number of hydrogen-bond acceptors (Lipinski definition) is 0. The van der Waals surface area contributed by atoms with Crippen molar-refractivity contribution in [2.75, 3.05) is 0 Å². The number of allylic oxidation sites excluding steroid dienone is 8. The maximum absolute atomic E-state index is 2.45. The van der Waals surface area contributed by atoms with E-state index in [1.54, 1.807) is 0 Å². The summed E-state index contributed by atoms with van der Waals surface area (Å²) in [5, 5.41) is 0. The zero-order chi connectivity index (χ0) is 11.0. The summed E-state index contributed by atoms with van der Waals surface area (Å²) < 4.78 is 0. The van der Waals surface area contributed by atoms with Crippen molar-refractivity contribution in [2.24, 2.45) is 29.6 Å². The average Bonchev–Trinajstić information content (AvgIpc) is 2.66. The van der Waals surface area contributed by atoms with E-state index in [1.807, 2.05) is 0 Å². The smallest absolute Gasteiger partial charge is 0.00956 e. The first-order valence-electron chi connectivity index (χ1n) is 6.62. The van der Waals surface area contributed by atoms with Crippen LogP contribution in [0, 0.1) is 29.6 Å². The van der Waals surface area contributed by atoms with Crippen LogP contribution in [0.1, 0.15) is 19.8 Å². The lowest BCUT2D eigenvalue weighted by atomic mass is 9.82. The van der Waals surface area contributed by atoms with E-state index in [9.17, 15) is 0 Å². The molecule has 0 amide bonds. The van der Waals surface area contributed by atoms with E-state index in [4.69, 9.17) is 0 Å². The Hall–Kier alpha value is -1.04. The van der Waals surface area contributed by atoms with Crippen molar-refractivity contribution in [1.82, 2.24) is 0 Å². The Labute approximate surface area is 98.4 Å². The molecule has 3 aliphatic rings. The van der Waals surface area contributed by atoms with Crippen molar-refractivity contribution in [1.29, 1.82) is 0 Å². The largest absolute Gasteiger partial charge is 0.0805 e. The molecule has 84 valence electrons. The molecular weight excluding hydrogens is 192 g/mol. The highest BCUT2D eigenvalue weighted by Crippen LogP contribution is 2.52. The first-order valence-corrected chi connectivity index (χ1v) is 6.62. The van der Waals surface area contributed by atoms with Crippen molar-refractivity contribution < 1.29 is 0 Å². The van der Waals surface area contributed by atoms with Crippen LogP contribution >= 0.6 is 0 Å². The van der Waals surface area contributed by atoms with Crippen LogP contribution in [0.3, 0.4) is 0 Å². The molecule has 0 saturated heterocycles. The fourth-order valence-corrected chi connectivity index (χ4v) is 3.88. The van der Waals surface area contributed by atoms with Crippen LogP contribution in [0.15, 0.2) is 48.6 Å². The zero-order valence-corrected chi connectivity index (χ0v) is 9.92. The third-order valence-electron chi connectivity index (χ3n) is 4.50. The molecule has 0 radical (unpaired) electrons. The molecule has 3 aliphatic carbocycles. The molecule has 0 nitrogen and oxygen atoms in total. The maximum atomic E-state index is 2.45. The van der Waals surface area contributed by atoms with E-state index < -0.39 is 0 Å². The highest BCUT2D eigenvalue weighted by atomic mass is 14.5. The first-order chi connectivity index (χ1) is 7.92. The van der Waals surface area contributed by atoms with Gasteiger partial charge in [-0.1, -0.05) is 62.0 Å². The lowest BCUT2D eigenvalue weighted by Gasteiger charge is -2.23. The summed E-state index contributed by atoms with van der Waals surface area (Å²) in [6.45, 7) is 2.31. The van der Waals surface area contributed by atoms with Gasteiger partial charge in [-0.05, 0) is 36.0 Å². The topological polar surface area (TPSA) is 0 Å². The van der Waals surface area contributed by atoms with Gasteiger partial charge in [-0.25, -0.2) is 0 Å². The second kappa shape index (κ2) is 4.08. The third-order valence-corrected chi connectivity index (χ3v) is 4.50. The van der Waals surface area contributed by atoms with E-state index >= 15 is 0 Å². The number of rotatable bonds is 2. The molecule has 4 atom stereocenters. The van der Waals surface area contributed by atoms with Crippen molar-refractivity contribution in [3.05, 3.63) is 48.6 Å². The van der Waals surface area contributed by atoms with Gasteiger partial charge in [-0.3, -0.25) is 0 Å². The van der Waals surface area contributed by atoms with E-state index in [0.29, 0.717) is 0 Å². The Morgan fingerprint density at radius 1 is 0.688 bits per heavy atom. The molecule has 0 aromatic carbocycles. The van der Waals surface area contributed by atoms with Crippen LogP contribution in [-0.2, 0) is 0 Å². The lowest BCUT2D eigenvalue weighted by Crippen LogP contribution is -2.15. The van der Waals surface area contributed by atoms with Crippen molar-refractivity contribution in [2.45, 2.75) is 19.8 Å².